The van der Waals surface area contributed by atoms with Crippen LogP contribution in [0.15, 0.2) is 6.20 Å². The minimum atomic E-state index is -1.04. The van der Waals surface area contributed by atoms with Gasteiger partial charge in [-0.1, -0.05) is 0 Å². The second kappa shape index (κ2) is 3.91. The molecule has 0 aromatic carbocycles. The van der Waals surface area contributed by atoms with E-state index in [1.165, 1.54) is 17.8 Å². The van der Waals surface area contributed by atoms with Gasteiger partial charge in [0.25, 0.3) is 0 Å². The number of hydrogen-bond donors (Lipinski definition) is 2. The summed E-state index contributed by atoms with van der Waals surface area (Å²) in [6, 6.07) is 0. The molecule has 0 atom stereocenters. The Labute approximate surface area is 80.5 Å². The van der Waals surface area contributed by atoms with Gasteiger partial charge in [0.15, 0.2) is 0 Å². The van der Waals surface area contributed by atoms with Gasteiger partial charge in [0, 0.05) is 14.0 Å². The molecule has 0 saturated heterocycles. The summed E-state index contributed by atoms with van der Waals surface area (Å²) >= 11 is 0. The first-order valence-electron chi connectivity index (χ1n) is 4.01. The molecule has 0 aliphatic rings. The van der Waals surface area contributed by atoms with E-state index < -0.39 is 5.97 Å². The van der Waals surface area contributed by atoms with Crippen molar-refractivity contribution in [2.75, 3.05) is 0 Å². The number of carboxylic acid groups (broad SMARTS) is 1. The molecule has 1 heterocycles. The van der Waals surface area contributed by atoms with Gasteiger partial charge < -0.3 is 10.4 Å². The van der Waals surface area contributed by atoms with Crippen molar-refractivity contribution in [1.29, 1.82) is 0 Å². The summed E-state index contributed by atoms with van der Waals surface area (Å²) in [5.41, 5.74) is 0.592. The van der Waals surface area contributed by atoms with Crippen molar-refractivity contribution in [1.82, 2.24) is 15.1 Å². The first-order chi connectivity index (χ1) is 6.52. The van der Waals surface area contributed by atoms with Crippen molar-refractivity contribution in [2.24, 2.45) is 7.05 Å². The fourth-order valence-electron chi connectivity index (χ4n) is 1.06. The lowest BCUT2D eigenvalue weighted by Crippen LogP contribution is -2.22. The van der Waals surface area contributed by atoms with Crippen LogP contribution in [0.3, 0.4) is 0 Å². The van der Waals surface area contributed by atoms with E-state index in [1.807, 2.05) is 0 Å². The summed E-state index contributed by atoms with van der Waals surface area (Å²) in [4.78, 5) is 21.4. The number of aromatic carboxylic acids is 1. The second-order valence-corrected chi connectivity index (χ2v) is 2.84. The van der Waals surface area contributed by atoms with Crippen LogP contribution >= 0.6 is 0 Å². The lowest BCUT2D eigenvalue weighted by molar-refractivity contribution is -0.119. The topological polar surface area (TPSA) is 84.2 Å². The zero-order chi connectivity index (χ0) is 10.7. The number of amides is 1. The minimum absolute atomic E-state index is 0.112. The van der Waals surface area contributed by atoms with Crippen LogP contribution in [0.25, 0.3) is 0 Å². The number of aromatic nitrogens is 2. The van der Waals surface area contributed by atoms with Gasteiger partial charge >= 0.3 is 5.97 Å². The van der Waals surface area contributed by atoms with Crippen LogP contribution in [0.2, 0.25) is 0 Å². The van der Waals surface area contributed by atoms with Gasteiger partial charge in [-0.15, -0.1) is 0 Å². The molecule has 1 rings (SSSR count). The monoisotopic (exact) mass is 197 g/mol. The molecule has 0 spiro atoms. The highest BCUT2D eigenvalue weighted by Gasteiger charge is 2.14. The third-order valence-corrected chi connectivity index (χ3v) is 1.80. The maximum atomic E-state index is 10.7. The first-order valence-corrected chi connectivity index (χ1v) is 4.01. The summed E-state index contributed by atoms with van der Waals surface area (Å²) < 4.78 is 1.43. The highest BCUT2D eigenvalue weighted by Crippen LogP contribution is 2.06. The molecule has 0 aliphatic carbocycles. The Kier molecular flexibility index (Phi) is 2.85. The van der Waals surface area contributed by atoms with Gasteiger partial charge in [-0.25, -0.2) is 4.79 Å². The summed E-state index contributed by atoms with van der Waals surface area (Å²) in [5.74, 6) is -1.25. The van der Waals surface area contributed by atoms with Gasteiger partial charge in [-0.2, -0.15) is 5.10 Å². The van der Waals surface area contributed by atoms with Crippen LogP contribution in [0.5, 0.6) is 0 Å². The molecule has 2 N–H and O–H groups in total. The lowest BCUT2D eigenvalue weighted by Gasteiger charge is -2.03. The van der Waals surface area contributed by atoms with E-state index in [2.05, 4.69) is 10.4 Å². The zero-order valence-electron chi connectivity index (χ0n) is 7.94. The predicted molar refractivity (Wildman–Crippen MR) is 47.7 cm³/mol. The van der Waals surface area contributed by atoms with E-state index in [4.69, 9.17) is 5.11 Å². The van der Waals surface area contributed by atoms with Crippen LogP contribution in [-0.4, -0.2) is 26.8 Å². The second-order valence-electron chi connectivity index (χ2n) is 2.84. The molecule has 76 valence electrons. The number of carbonyl (C=O) groups is 2. The first kappa shape index (κ1) is 10.2. The fourth-order valence-corrected chi connectivity index (χ4v) is 1.06. The highest BCUT2D eigenvalue weighted by atomic mass is 16.4. The average molecular weight is 197 g/mol. The van der Waals surface area contributed by atoms with Crippen LogP contribution in [0, 0.1) is 0 Å². The Morgan fingerprint density at radius 1 is 1.64 bits per heavy atom. The molecule has 6 nitrogen and oxygen atoms in total. The Hall–Kier alpha value is -1.85. The average Bonchev–Trinajstić information content (AvgIpc) is 2.43. The van der Waals surface area contributed by atoms with E-state index >= 15 is 0 Å². The molecule has 0 aliphatic heterocycles. The Bertz CT molecular complexity index is 370. The predicted octanol–water partition coefficient (Wildman–Crippen LogP) is -0.246. The van der Waals surface area contributed by atoms with Crippen LogP contribution in [0.4, 0.5) is 0 Å². The molecule has 0 unspecified atom stereocenters. The normalized spacial score (nSPS) is 9.86. The van der Waals surface area contributed by atoms with Crippen LogP contribution in [-0.2, 0) is 18.4 Å². The van der Waals surface area contributed by atoms with Gasteiger partial charge in [0.2, 0.25) is 5.91 Å². The number of aryl methyl sites for hydroxylation is 1. The van der Waals surface area contributed by atoms with Gasteiger partial charge in [-0.05, 0) is 0 Å². The van der Waals surface area contributed by atoms with Gasteiger partial charge in [0.05, 0.1) is 18.4 Å². The van der Waals surface area contributed by atoms with Crippen LogP contribution in [0.1, 0.15) is 23.0 Å². The molecular weight excluding hydrogens is 186 g/mol. The largest absolute Gasteiger partial charge is 0.478 e. The van der Waals surface area contributed by atoms with Crippen molar-refractivity contribution in [3.8, 4) is 0 Å². The summed E-state index contributed by atoms with van der Waals surface area (Å²) in [6.07, 6.45) is 1.26. The van der Waals surface area contributed by atoms with E-state index in [0.29, 0.717) is 5.69 Å². The maximum Gasteiger partial charge on any atom is 0.339 e. The fraction of sp³-hybridized carbons (Fsp3) is 0.375. The molecule has 1 aromatic rings. The number of nitrogens with zero attached hydrogens (tertiary/aromatic N) is 2. The van der Waals surface area contributed by atoms with Gasteiger partial charge in [0.1, 0.15) is 5.56 Å². The number of rotatable bonds is 3. The van der Waals surface area contributed by atoms with Crippen molar-refractivity contribution < 1.29 is 14.7 Å². The van der Waals surface area contributed by atoms with Crippen molar-refractivity contribution in [3.05, 3.63) is 17.5 Å². The van der Waals surface area contributed by atoms with E-state index in [9.17, 15) is 9.59 Å². The zero-order valence-corrected chi connectivity index (χ0v) is 7.94. The minimum Gasteiger partial charge on any atom is -0.478 e. The molecule has 0 radical (unpaired) electrons. The Morgan fingerprint density at radius 3 is 2.79 bits per heavy atom. The molecule has 1 aromatic heterocycles. The molecular formula is C8H11N3O3. The number of carbonyl (C=O) groups excluding carboxylic acids is 1. The number of carboxylic acids is 1. The number of nitrogens with one attached hydrogen (secondary N) is 1. The highest BCUT2D eigenvalue weighted by molar-refractivity contribution is 5.88. The quantitative estimate of drug-likeness (QED) is 0.700. The van der Waals surface area contributed by atoms with Gasteiger partial charge in [-0.3, -0.25) is 9.48 Å². The summed E-state index contributed by atoms with van der Waals surface area (Å²) in [5, 5.41) is 15.1. The standard InChI is InChI=1S/C8H11N3O3/c1-5(12)9-4-7-6(8(13)14)3-10-11(7)2/h3H,4H2,1-2H3,(H,9,12)(H,13,14). The summed E-state index contributed by atoms with van der Waals surface area (Å²) in [7, 11) is 1.63. The molecule has 14 heavy (non-hydrogen) atoms. The Balaban J connectivity index is 2.88. The Morgan fingerprint density at radius 2 is 2.29 bits per heavy atom. The smallest absolute Gasteiger partial charge is 0.339 e. The van der Waals surface area contributed by atoms with Crippen LogP contribution < -0.4 is 5.32 Å². The van der Waals surface area contributed by atoms with Crippen molar-refractivity contribution in [2.45, 2.75) is 13.5 Å². The maximum absolute atomic E-state index is 10.7. The van der Waals surface area contributed by atoms with E-state index in [-0.39, 0.29) is 18.0 Å². The van der Waals surface area contributed by atoms with Crippen molar-refractivity contribution >= 4 is 11.9 Å². The molecule has 0 fully saturated rings. The van der Waals surface area contributed by atoms with E-state index in [1.54, 1.807) is 7.05 Å². The summed E-state index contributed by atoms with van der Waals surface area (Å²) in [6.45, 7) is 1.55. The van der Waals surface area contributed by atoms with Crippen molar-refractivity contribution in [3.63, 3.8) is 0 Å². The van der Waals surface area contributed by atoms with E-state index in [0.717, 1.165) is 0 Å². The molecule has 0 bridgehead atoms. The molecule has 6 heteroatoms. The lowest BCUT2D eigenvalue weighted by atomic mass is 10.2. The number of hydrogen-bond acceptors (Lipinski definition) is 3. The third-order valence-electron chi connectivity index (χ3n) is 1.80. The molecule has 1 amide bonds. The SMILES string of the molecule is CC(=O)NCc1c(C(=O)O)cnn1C. The molecule has 0 saturated carbocycles. The third kappa shape index (κ3) is 2.09.